The van der Waals surface area contributed by atoms with E-state index in [1.807, 2.05) is 4.90 Å². The molecule has 2 amide bonds. The van der Waals surface area contributed by atoms with Crippen LogP contribution in [0.25, 0.3) is 0 Å². The van der Waals surface area contributed by atoms with Crippen LogP contribution in [0.4, 0.5) is 10.1 Å². The van der Waals surface area contributed by atoms with Crippen molar-refractivity contribution in [1.29, 1.82) is 0 Å². The number of hydrogen-bond donors (Lipinski definition) is 3. The molecule has 2 saturated heterocycles. The summed E-state index contributed by atoms with van der Waals surface area (Å²) in [5, 5.41) is 9.18. The fraction of sp³-hybridized carbons (Fsp3) is 0.579. The van der Waals surface area contributed by atoms with Crippen LogP contribution in [-0.2, 0) is 9.59 Å². The summed E-state index contributed by atoms with van der Waals surface area (Å²) < 4.78 is 13.7. The van der Waals surface area contributed by atoms with Gasteiger partial charge in [-0.2, -0.15) is 0 Å². The summed E-state index contributed by atoms with van der Waals surface area (Å²) in [6, 6.07) is 4.01. The first-order valence-corrected chi connectivity index (χ1v) is 9.87. The van der Waals surface area contributed by atoms with E-state index in [-0.39, 0.29) is 30.1 Å². The predicted octanol–water partition coefficient (Wildman–Crippen LogP) is 2.00. The van der Waals surface area contributed by atoms with Gasteiger partial charge < -0.3 is 16.0 Å². The maximum atomic E-state index is 13.7. The number of nitrogens with one attached hydrogen (secondary N) is 3. The van der Waals surface area contributed by atoms with E-state index in [2.05, 4.69) is 16.0 Å². The van der Waals surface area contributed by atoms with Crippen LogP contribution in [0.1, 0.15) is 25.7 Å². The normalized spacial score (nSPS) is 23.2. The molecule has 2 fully saturated rings. The molecule has 0 bridgehead atoms. The van der Waals surface area contributed by atoms with E-state index in [0.29, 0.717) is 17.5 Å². The van der Waals surface area contributed by atoms with Crippen LogP contribution < -0.4 is 16.0 Å². The van der Waals surface area contributed by atoms with Crippen molar-refractivity contribution in [2.24, 2.45) is 5.92 Å². The van der Waals surface area contributed by atoms with Crippen LogP contribution in [0.2, 0.25) is 5.02 Å². The van der Waals surface area contributed by atoms with Gasteiger partial charge in [0.15, 0.2) is 0 Å². The standard InChI is InChI=1S/C19H26ClFN4O2/c20-14-5-6-15(21)17(9-14)24-18(26)12-25-8-2-3-13(11-25)10-23-19(27)16-4-1-7-22-16/h5-6,9,13,16,22H,1-4,7-8,10-12H2,(H,23,27)(H,24,26). The molecule has 148 valence electrons. The minimum absolute atomic E-state index is 0.0666. The maximum absolute atomic E-state index is 13.7. The molecule has 8 heteroatoms. The zero-order valence-corrected chi connectivity index (χ0v) is 16.0. The number of amides is 2. The van der Waals surface area contributed by atoms with Crippen molar-refractivity contribution in [2.75, 3.05) is 38.0 Å². The minimum atomic E-state index is -0.507. The van der Waals surface area contributed by atoms with Crippen molar-refractivity contribution in [2.45, 2.75) is 31.7 Å². The first-order valence-electron chi connectivity index (χ1n) is 9.49. The molecule has 0 saturated carbocycles. The van der Waals surface area contributed by atoms with Gasteiger partial charge in [0, 0.05) is 18.1 Å². The molecule has 2 heterocycles. The van der Waals surface area contributed by atoms with E-state index in [1.165, 1.54) is 18.2 Å². The maximum Gasteiger partial charge on any atom is 0.238 e. The van der Waals surface area contributed by atoms with Crippen LogP contribution in [-0.4, -0.2) is 55.5 Å². The number of carbonyl (C=O) groups is 2. The Morgan fingerprint density at radius 1 is 1.30 bits per heavy atom. The lowest BCUT2D eigenvalue weighted by atomic mass is 9.98. The molecule has 1 aromatic rings. The third-order valence-corrected chi connectivity index (χ3v) is 5.35. The Morgan fingerprint density at radius 3 is 2.93 bits per heavy atom. The van der Waals surface area contributed by atoms with Crippen LogP contribution in [0.3, 0.4) is 0 Å². The number of halogens is 2. The van der Waals surface area contributed by atoms with E-state index < -0.39 is 5.82 Å². The minimum Gasteiger partial charge on any atom is -0.354 e. The average molecular weight is 397 g/mol. The van der Waals surface area contributed by atoms with Gasteiger partial charge in [-0.25, -0.2) is 4.39 Å². The molecule has 27 heavy (non-hydrogen) atoms. The smallest absolute Gasteiger partial charge is 0.238 e. The number of anilines is 1. The van der Waals surface area contributed by atoms with E-state index in [1.54, 1.807) is 0 Å². The van der Waals surface area contributed by atoms with Crippen LogP contribution in [0.15, 0.2) is 18.2 Å². The van der Waals surface area contributed by atoms with E-state index >= 15 is 0 Å². The van der Waals surface area contributed by atoms with E-state index in [4.69, 9.17) is 11.6 Å². The number of likely N-dealkylation sites (tertiary alicyclic amines) is 1. The van der Waals surface area contributed by atoms with Gasteiger partial charge in [-0.3, -0.25) is 14.5 Å². The third kappa shape index (κ3) is 5.89. The van der Waals surface area contributed by atoms with Crippen molar-refractivity contribution >= 4 is 29.1 Å². The highest BCUT2D eigenvalue weighted by atomic mass is 35.5. The number of carbonyl (C=O) groups excluding carboxylic acids is 2. The molecular formula is C19H26ClFN4O2. The second-order valence-electron chi connectivity index (χ2n) is 7.31. The van der Waals surface area contributed by atoms with Crippen molar-refractivity contribution in [3.05, 3.63) is 29.0 Å². The highest BCUT2D eigenvalue weighted by Gasteiger charge is 2.25. The van der Waals surface area contributed by atoms with Gasteiger partial charge in [0.2, 0.25) is 11.8 Å². The number of nitrogens with zero attached hydrogens (tertiary/aromatic N) is 1. The monoisotopic (exact) mass is 396 g/mol. The fourth-order valence-electron chi connectivity index (χ4n) is 3.72. The van der Waals surface area contributed by atoms with Crippen molar-refractivity contribution in [3.8, 4) is 0 Å². The molecule has 3 rings (SSSR count). The first kappa shape index (κ1) is 20.0. The zero-order chi connectivity index (χ0) is 19.2. The Morgan fingerprint density at radius 2 is 2.15 bits per heavy atom. The van der Waals surface area contributed by atoms with Crippen LogP contribution in [0, 0.1) is 11.7 Å². The summed E-state index contributed by atoms with van der Waals surface area (Å²) in [6.45, 7) is 3.28. The average Bonchev–Trinajstić information content (AvgIpc) is 3.18. The van der Waals surface area contributed by atoms with E-state index in [9.17, 15) is 14.0 Å². The highest BCUT2D eigenvalue weighted by Crippen LogP contribution is 2.20. The molecule has 2 aliphatic heterocycles. The fourth-order valence-corrected chi connectivity index (χ4v) is 3.90. The number of rotatable bonds is 6. The molecule has 2 unspecified atom stereocenters. The molecule has 0 radical (unpaired) electrons. The van der Waals surface area contributed by atoms with E-state index in [0.717, 1.165) is 45.3 Å². The Labute approximate surface area is 163 Å². The molecule has 0 spiro atoms. The topological polar surface area (TPSA) is 73.5 Å². The second kappa shape index (κ2) is 9.48. The Bertz CT molecular complexity index is 682. The molecule has 1 aromatic carbocycles. The van der Waals surface area contributed by atoms with Crippen molar-refractivity contribution < 1.29 is 14.0 Å². The van der Waals surface area contributed by atoms with Gasteiger partial charge in [0.05, 0.1) is 18.3 Å². The SMILES string of the molecule is O=C(CN1CCCC(CNC(=O)C2CCCN2)C1)Nc1cc(Cl)ccc1F. The summed E-state index contributed by atoms with van der Waals surface area (Å²) in [5.74, 6) is -0.387. The predicted molar refractivity (Wildman–Crippen MR) is 103 cm³/mol. The number of benzene rings is 1. The van der Waals surface area contributed by atoms with Gasteiger partial charge in [-0.15, -0.1) is 0 Å². The lowest BCUT2D eigenvalue weighted by molar-refractivity contribution is -0.123. The van der Waals surface area contributed by atoms with Crippen molar-refractivity contribution in [3.63, 3.8) is 0 Å². The summed E-state index contributed by atoms with van der Waals surface area (Å²) in [6.07, 6.45) is 3.93. The first-order chi connectivity index (χ1) is 13.0. The number of hydrogen-bond acceptors (Lipinski definition) is 4. The molecule has 0 aliphatic carbocycles. The lowest BCUT2D eigenvalue weighted by Gasteiger charge is -2.32. The summed E-state index contributed by atoms with van der Waals surface area (Å²) in [5.41, 5.74) is 0.0948. The Hall–Kier alpha value is -1.70. The third-order valence-electron chi connectivity index (χ3n) is 5.11. The summed E-state index contributed by atoms with van der Waals surface area (Å²) >= 11 is 5.85. The van der Waals surface area contributed by atoms with Gasteiger partial charge >= 0.3 is 0 Å². The second-order valence-corrected chi connectivity index (χ2v) is 7.75. The Kier molecular flexibility index (Phi) is 7.04. The van der Waals surface area contributed by atoms with Gasteiger partial charge in [0.1, 0.15) is 5.82 Å². The van der Waals surface area contributed by atoms with Crippen molar-refractivity contribution in [1.82, 2.24) is 15.5 Å². The lowest BCUT2D eigenvalue weighted by Crippen LogP contribution is -2.46. The molecule has 3 N–H and O–H groups in total. The quantitative estimate of drug-likeness (QED) is 0.687. The number of piperidine rings is 1. The zero-order valence-electron chi connectivity index (χ0n) is 15.3. The summed E-state index contributed by atoms with van der Waals surface area (Å²) in [7, 11) is 0. The molecule has 0 aromatic heterocycles. The van der Waals surface area contributed by atoms with Crippen LogP contribution in [0.5, 0.6) is 0 Å². The van der Waals surface area contributed by atoms with Gasteiger partial charge in [0.25, 0.3) is 0 Å². The molecule has 2 aliphatic rings. The Balaban J connectivity index is 1.44. The van der Waals surface area contributed by atoms with Crippen LogP contribution >= 0.6 is 11.6 Å². The molecule has 6 nitrogen and oxygen atoms in total. The summed E-state index contributed by atoms with van der Waals surface area (Å²) in [4.78, 5) is 26.4. The molecule has 2 atom stereocenters. The van der Waals surface area contributed by atoms with Gasteiger partial charge in [-0.05, 0) is 62.9 Å². The molecular weight excluding hydrogens is 371 g/mol. The highest BCUT2D eigenvalue weighted by molar-refractivity contribution is 6.30. The van der Waals surface area contributed by atoms with Gasteiger partial charge in [-0.1, -0.05) is 11.6 Å². The largest absolute Gasteiger partial charge is 0.354 e.